The van der Waals surface area contributed by atoms with Crippen molar-refractivity contribution in [2.45, 2.75) is 57.8 Å². The van der Waals surface area contributed by atoms with Crippen LogP contribution in [0.3, 0.4) is 0 Å². The number of hydrogen-bond acceptors (Lipinski definition) is 6. The molecule has 2 fully saturated rings. The highest BCUT2D eigenvalue weighted by Gasteiger charge is 2.39. The second kappa shape index (κ2) is 14.2. The summed E-state index contributed by atoms with van der Waals surface area (Å²) in [5.74, 6) is -0.883. The van der Waals surface area contributed by atoms with E-state index >= 15 is 0 Å². The van der Waals surface area contributed by atoms with Crippen LogP contribution in [0.15, 0.2) is 53.8 Å². The molecule has 5 rings (SSSR count). The van der Waals surface area contributed by atoms with Crippen LogP contribution in [0.25, 0.3) is 10.9 Å². The molecule has 3 atom stereocenters. The number of H-pyrrole nitrogens is 1. The Bertz CT molecular complexity index is 1530. The maximum absolute atomic E-state index is 13.7. The molecule has 1 N–H and O–H groups in total. The number of rotatable bonds is 9. The van der Waals surface area contributed by atoms with E-state index in [2.05, 4.69) is 19.9 Å². The quantitative estimate of drug-likeness (QED) is 0.130. The number of oxime groups is 1. The number of nitrogens with one attached hydrogen (secondary N) is 1. The third kappa shape index (κ3) is 8.85. The third-order valence-corrected chi connectivity index (χ3v) is 8.46. The van der Waals surface area contributed by atoms with Gasteiger partial charge in [-0.05, 0) is 57.0 Å². The van der Waals surface area contributed by atoms with Crippen molar-refractivity contribution in [1.82, 2.24) is 19.7 Å². The van der Waals surface area contributed by atoms with Crippen LogP contribution in [0, 0.1) is 0 Å². The Hall–Kier alpha value is -3.62. The minimum absolute atomic E-state index is 0.0321. The molecule has 0 radical (unpaired) electrons. The molecule has 0 aliphatic carbocycles. The zero-order valence-corrected chi connectivity index (χ0v) is 26.5. The van der Waals surface area contributed by atoms with Gasteiger partial charge in [0.25, 0.3) is 5.91 Å². The SMILES string of the molecule is CC(CN1CCN(C(=O)c2cc(C(F)(F)F)cc(C(F)(F)F)c2)[C@H](Cc2c[nH]c3ccccc23)C1)=NOCCN1CC(C)OC(C)C1. The Balaban J connectivity index is 1.32. The number of carbonyl (C=O) groups excluding carboxylic acids is 1. The Morgan fingerprint density at radius 2 is 1.62 bits per heavy atom. The summed E-state index contributed by atoms with van der Waals surface area (Å²) in [6.45, 7) is 9.81. The average molecular weight is 668 g/mol. The molecule has 2 aliphatic rings. The molecule has 0 saturated carbocycles. The van der Waals surface area contributed by atoms with E-state index in [0.29, 0.717) is 57.1 Å². The fourth-order valence-corrected chi connectivity index (χ4v) is 6.45. The van der Waals surface area contributed by atoms with Crippen LogP contribution < -0.4 is 0 Å². The van der Waals surface area contributed by atoms with Gasteiger partial charge < -0.3 is 19.5 Å². The molecule has 1 amide bonds. The van der Waals surface area contributed by atoms with Gasteiger partial charge in [-0.3, -0.25) is 14.6 Å². The normalized spacial score (nSPS) is 22.2. The smallest absolute Gasteiger partial charge is 0.394 e. The van der Waals surface area contributed by atoms with Crippen LogP contribution in [0.2, 0.25) is 0 Å². The van der Waals surface area contributed by atoms with Crippen molar-refractivity contribution in [1.29, 1.82) is 0 Å². The average Bonchev–Trinajstić information content (AvgIpc) is 3.40. The molecule has 0 bridgehead atoms. The van der Waals surface area contributed by atoms with Gasteiger partial charge in [-0.2, -0.15) is 26.3 Å². The summed E-state index contributed by atoms with van der Waals surface area (Å²) < 4.78 is 87.3. The molecule has 256 valence electrons. The van der Waals surface area contributed by atoms with Crippen molar-refractivity contribution in [2.75, 3.05) is 52.4 Å². The van der Waals surface area contributed by atoms with E-state index < -0.39 is 41.0 Å². The standard InChI is InChI=1S/C33H39F6N5O3/c1-21(41-46-11-10-43-18-22(2)47-23(3)19-43)17-42-8-9-44(28(20-42)14-25-16-40-30-7-5-4-6-29(25)30)31(45)24-12-26(32(34,35)36)15-27(13-24)33(37,38)39/h4-7,12-13,15-16,22-23,28,40H,8-11,14,17-20H2,1-3H3/t22?,23?,28-/m1/s1. The van der Waals surface area contributed by atoms with Crippen molar-refractivity contribution >= 4 is 22.5 Å². The lowest BCUT2D eigenvalue weighted by molar-refractivity contribution is -0.143. The van der Waals surface area contributed by atoms with E-state index in [4.69, 9.17) is 9.57 Å². The van der Waals surface area contributed by atoms with Crippen LogP contribution in [0.4, 0.5) is 26.3 Å². The second-order valence-electron chi connectivity index (χ2n) is 12.4. The molecule has 3 aromatic rings. The number of amides is 1. The number of fused-ring (bicyclic) bond motifs is 1. The Labute approximate surface area is 269 Å². The first-order valence-electron chi connectivity index (χ1n) is 15.6. The summed E-state index contributed by atoms with van der Waals surface area (Å²) in [6.07, 6.45) is -7.68. The van der Waals surface area contributed by atoms with Crippen LogP contribution in [-0.2, 0) is 28.3 Å². The number of piperazine rings is 1. The first-order valence-corrected chi connectivity index (χ1v) is 15.6. The monoisotopic (exact) mass is 667 g/mol. The first kappa shape index (κ1) is 34.7. The predicted octanol–water partition coefficient (Wildman–Crippen LogP) is 6.08. The number of halogens is 6. The van der Waals surface area contributed by atoms with Crippen molar-refractivity contribution < 1.29 is 40.7 Å². The minimum Gasteiger partial charge on any atom is -0.394 e. The number of aromatic nitrogens is 1. The number of benzene rings is 2. The van der Waals surface area contributed by atoms with Gasteiger partial charge in [-0.25, -0.2) is 0 Å². The first-order chi connectivity index (χ1) is 22.2. The van der Waals surface area contributed by atoms with Crippen LogP contribution in [-0.4, -0.2) is 102 Å². The summed E-state index contributed by atoms with van der Waals surface area (Å²) in [4.78, 5) is 28.2. The highest BCUT2D eigenvalue weighted by molar-refractivity contribution is 5.95. The third-order valence-electron chi connectivity index (χ3n) is 8.46. The molecule has 2 aromatic carbocycles. The summed E-state index contributed by atoms with van der Waals surface area (Å²) in [6, 6.07) is 8.05. The zero-order valence-electron chi connectivity index (χ0n) is 26.5. The van der Waals surface area contributed by atoms with E-state index in [1.807, 2.05) is 51.2 Å². The Kier molecular flexibility index (Phi) is 10.5. The van der Waals surface area contributed by atoms with Gasteiger partial charge in [-0.15, -0.1) is 0 Å². The summed E-state index contributed by atoms with van der Waals surface area (Å²) >= 11 is 0. The van der Waals surface area contributed by atoms with Gasteiger partial charge in [-0.1, -0.05) is 23.4 Å². The fourth-order valence-electron chi connectivity index (χ4n) is 6.45. The molecular weight excluding hydrogens is 628 g/mol. The molecule has 2 aliphatic heterocycles. The maximum atomic E-state index is 13.7. The van der Waals surface area contributed by atoms with E-state index in [1.165, 1.54) is 4.90 Å². The maximum Gasteiger partial charge on any atom is 0.416 e. The van der Waals surface area contributed by atoms with E-state index in [9.17, 15) is 31.1 Å². The van der Waals surface area contributed by atoms with Crippen molar-refractivity contribution in [3.8, 4) is 0 Å². The van der Waals surface area contributed by atoms with Gasteiger partial charge in [0.2, 0.25) is 0 Å². The predicted molar refractivity (Wildman–Crippen MR) is 165 cm³/mol. The zero-order chi connectivity index (χ0) is 33.9. The van der Waals surface area contributed by atoms with Gasteiger partial charge >= 0.3 is 12.4 Å². The number of ether oxygens (including phenoxy) is 1. The number of carbonyl (C=O) groups is 1. The van der Waals surface area contributed by atoms with Crippen LogP contribution >= 0.6 is 0 Å². The number of morpholine rings is 1. The number of hydrogen-bond donors (Lipinski definition) is 1. The summed E-state index contributed by atoms with van der Waals surface area (Å²) in [5, 5.41) is 5.19. The highest BCUT2D eigenvalue weighted by Crippen LogP contribution is 2.37. The fraction of sp³-hybridized carbons (Fsp3) is 0.515. The van der Waals surface area contributed by atoms with Gasteiger partial charge in [0.05, 0.1) is 29.0 Å². The van der Waals surface area contributed by atoms with Crippen molar-refractivity contribution in [3.05, 3.63) is 70.9 Å². The highest BCUT2D eigenvalue weighted by atomic mass is 19.4. The minimum atomic E-state index is -5.06. The van der Waals surface area contributed by atoms with E-state index in [0.717, 1.165) is 29.6 Å². The van der Waals surface area contributed by atoms with Crippen LogP contribution in [0.5, 0.6) is 0 Å². The molecule has 3 heterocycles. The Morgan fingerprint density at radius 1 is 0.957 bits per heavy atom. The topological polar surface area (TPSA) is 73.4 Å². The molecule has 2 unspecified atom stereocenters. The lowest BCUT2D eigenvalue weighted by Crippen LogP contribution is -2.56. The molecule has 8 nitrogen and oxygen atoms in total. The van der Waals surface area contributed by atoms with E-state index in [-0.39, 0.29) is 24.8 Å². The summed E-state index contributed by atoms with van der Waals surface area (Å²) in [7, 11) is 0. The molecule has 47 heavy (non-hydrogen) atoms. The molecular formula is C33H39F6N5O3. The Morgan fingerprint density at radius 3 is 2.28 bits per heavy atom. The van der Waals surface area contributed by atoms with Crippen molar-refractivity contribution in [3.63, 3.8) is 0 Å². The number of alkyl halides is 6. The molecule has 1 aromatic heterocycles. The number of nitrogens with zero attached hydrogens (tertiary/aromatic N) is 4. The van der Waals surface area contributed by atoms with Crippen molar-refractivity contribution in [2.24, 2.45) is 5.16 Å². The second-order valence-corrected chi connectivity index (χ2v) is 12.4. The van der Waals surface area contributed by atoms with Gasteiger partial charge in [0, 0.05) is 74.5 Å². The van der Waals surface area contributed by atoms with Gasteiger partial charge in [0.15, 0.2) is 0 Å². The number of para-hydroxylation sites is 1. The van der Waals surface area contributed by atoms with Gasteiger partial charge in [0.1, 0.15) is 6.61 Å². The molecule has 14 heteroatoms. The summed E-state index contributed by atoms with van der Waals surface area (Å²) in [5.41, 5.74) is -1.24. The lowest BCUT2D eigenvalue weighted by Gasteiger charge is -2.41. The largest absolute Gasteiger partial charge is 0.416 e. The van der Waals surface area contributed by atoms with E-state index in [1.54, 1.807) is 0 Å². The van der Waals surface area contributed by atoms with Crippen LogP contribution in [0.1, 0.15) is 47.8 Å². The molecule has 2 saturated heterocycles. The number of aromatic amines is 1. The lowest BCUT2D eigenvalue weighted by atomic mass is 9.98. The molecule has 0 spiro atoms.